The number of methoxy groups -OCH3 is 1. The molecule has 0 saturated carbocycles. The van der Waals surface area contributed by atoms with Crippen LogP contribution in [0.2, 0.25) is 0 Å². The zero-order valence-electron chi connectivity index (χ0n) is 15.3. The summed E-state index contributed by atoms with van der Waals surface area (Å²) < 4.78 is 5.60. The van der Waals surface area contributed by atoms with Crippen LogP contribution >= 0.6 is 0 Å². The second kappa shape index (κ2) is 11.8. The number of hydrogen-bond donors (Lipinski definition) is 0. The van der Waals surface area contributed by atoms with E-state index in [-0.39, 0.29) is 0 Å². The van der Waals surface area contributed by atoms with E-state index in [2.05, 4.69) is 68.2 Å². The van der Waals surface area contributed by atoms with Crippen molar-refractivity contribution < 1.29 is 4.74 Å². The van der Waals surface area contributed by atoms with Crippen molar-refractivity contribution in [2.45, 2.75) is 52.9 Å². The molecular weight excluding hydrogens is 282 g/mol. The van der Waals surface area contributed by atoms with Crippen LogP contribution in [0.3, 0.4) is 0 Å². The summed E-state index contributed by atoms with van der Waals surface area (Å²) >= 11 is 0. The summed E-state index contributed by atoms with van der Waals surface area (Å²) in [5.41, 5.74) is 2.40. The van der Waals surface area contributed by atoms with Gasteiger partial charge in [-0.15, -0.1) is 0 Å². The van der Waals surface area contributed by atoms with Gasteiger partial charge in [0.25, 0.3) is 0 Å². The largest absolute Gasteiger partial charge is 0.496 e. The molecule has 1 aromatic carbocycles. The van der Waals surface area contributed by atoms with Crippen molar-refractivity contribution in [3.05, 3.63) is 42.0 Å². The fraction of sp³-hybridized carbons (Fsp3) is 0.524. The molecule has 0 aromatic heterocycles. The Morgan fingerprint density at radius 3 is 2.26 bits per heavy atom. The summed E-state index contributed by atoms with van der Waals surface area (Å²) in [5, 5.41) is 0. The number of benzene rings is 1. The number of rotatable bonds is 11. The molecule has 128 valence electrons. The average molecular weight is 316 g/mol. The predicted molar refractivity (Wildman–Crippen MR) is 103 cm³/mol. The summed E-state index contributed by atoms with van der Waals surface area (Å²) in [6, 6.07) is 6.56. The van der Waals surface area contributed by atoms with Crippen molar-refractivity contribution >= 4 is 11.8 Å². The molecule has 0 amide bonds. The molecule has 0 N–H and O–H groups in total. The lowest BCUT2D eigenvalue weighted by Crippen LogP contribution is -2.25. The van der Waals surface area contributed by atoms with Crippen molar-refractivity contribution in [3.63, 3.8) is 0 Å². The number of allylic oxidation sites excluding steroid dienone is 3. The van der Waals surface area contributed by atoms with Crippen LogP contribution in [0, 0.1) is 0 Å². The summed E-state index contributed by atoms with van der Waals surface area (Å²) in [5.74, 6) is 0.946. The van der Waals surface area contributed by atoms with E-state index in [0.29, 0.717) is 0 Å². The van der Waals surface area contributed by atoms with E-state index in [0.717, 1.165) is 30.8 Å². The third kappa shape index (κ3) is 6.94. The van der Waals surface area contributed by atoms with Crippen LogP contribution in [0.15, 0.2) is 36.4 Å². The van der Waals surface area contributed by atoms with E-state index < -0.39 is 0 Å². The molecule has 0 spiro atoms. The van der Waals surface area contributed by atoms with Crippen LogP contribution in [-0.2, 0) is 0 Å². The van der Waals surface area contributed by atoms with Gasteiger partial charge in [0.15, 0.2) is 0 Å². The molecule has 2 heteroatoms. The normalized spacial score (nSPS) is 11.5. The Balaban J connectivity index is 2.93. The second-order valence-corrected chi connectivity index (χ2v) is 5.82. The minimum atomic E-state index is 0.946. The van der Waals surface area contributed by atoms with Crippen molar-refractivity contribution in [3.8, 4) is 5.75 Å². The highest BCUT2D eigenvalue weighted by Crippen LogP contribution is 2.27. The zero-order valence-corrected chi connectivity index (χ0v) is 15.3. The van der Waals surface area contributed by atoms with E-state index >= 15 is 0 Å². The van der Waals surface area contributed by atoms with E-state index in [9.17, 15) is 0 Å². The molecule has 0 aliphatic carbocycles. The van der Waals surface area contributed by atoms with E-state index in [4.69, 9.17) is 4.74 Å². The van der Waals surface area contributed by atoms with Gasteiger partial charge in [-0.1, -0.05) is 57.9 Å². The minimum Gasteiger partial charge on any atom is -0.496 e. The van der Waals surface area contributed by atoms with Crippen molar-refractivity contribution in [2.24, 2.45) is 0 Å². The van der Waals surface area contributed by atoms with Gasteiger partial charge >= 0.3 is 0 Å². The van der Waals surface area contributed by atoms with Crippen LogP contribution < -0.4 is 9.64 Å². The van der Waals surface area contributed by atoms with Crippen LogP contribution in [-0.4, -0.2) is 20.2 Å². The van der Waals surface area contributed by atoms with Gasteiger partial charge in [0.2, 0.25) is 0 Å². The van der Waals surface area contributed by atoms with Gasteiger partial charge in [-0.2, -0.15) is 0 Å². The molecule has 23 heavy (non-hydrogen) atoms. The Kier molecular flexibility index (Phi) is 9.94. The molecule has 0 saturated heterocycles. The van der Waals surface area contributed by atoms with Crippen LogP contribution in [0.5, 0.6) is 5.75 Å². The third-order valence-corrected chi connectivity index (χ3v) is 3.90. The monoisotopic (exact) mass is 315 g/mol. The van der Waals surface area contributed by atoms with Crippen LogP contribution in [0.1, 0.15) is 58.4 Å². The Morgan fingerprint density at radius 1 is 1.00 bits per heavy atom. The first-order valence-corrected chi connectivity index (χ1v) is 9.02. The van der Waals surface area contributed by atoms with E-state index in [1.807, 2.05) is 0 Å². The minimum absolute atomic E-state index is 0.946. The Morgan fingerprint density at radius 2 is 1.70 bits per heavy atom. The van der Waals surface area contributed by atoms with Gasteiger partial charge in [0, 0.05) is 30.4 Å². The maximum absolute atomic E-state index is 5.60. The standard InChI is InChI=1S/C21H33NO/c1-5-8-11-12-13-19-14-15-20(18-21(19)23-4)22(16-9-6-2)17-10-7-3/h8,11-15,18H,5-7,9-10,16-17H2,1-4H3/b11-8+,13-12+. The predicted octanol–water partition coefficient (Wildman–Crippen LogP) is 6.08. The fourth-order valence-corrected chi connectivity index (χ4v) is 2.48. The number of ether oxygens (including phenoxy) is 1. The smallest absolute Gasteiger partial charge is 0.128 e. The molecule has 0 atom stereocenters. The zero-order chi connectivity index (χ0) is 16.9. The molecule has 2 nitrogen and oxygen atoms in total. The molecular formula is C21H33NO. The summed E-state index contributed by atoms with van der Waals surface area (Å²) in [4.78, 5) is 2.49. The first-order chi connectivity index (χ1) is 11.3. The summed E-state index contributed by atoms with van der Waals surface area (Å²) in [6.07, 6.45) is 14.4. The molecule has 0 heterocycles. The molecule has 0 fully saturated rings. The summed E-state index contributed by atoms with van der Waals surface area (Å²) in [7, 11) is 1.75. The quantitative estimate of drug-likeness (QED) is 0.459. The molecule has 0 aliphatic heterocycles. The molecule has 0 radical (unpaired) electrons. The maximum Gasteiger partial charge on any atom is 0.128 e. The number of nitrogens with zero attached hydrogens (tertiary/aromatic N) is 1. The number of unbranched alkanes of at least 4 members (excludes halogenated alkanes) is 2. The molecule has 1 rings (SSSR count). The van der Waals surface area contributed by atoms with Gasteiger partial charge in [0.05, 0.1) is 7.11 Å². The first kappa shape index (κ1) is 19.3. The van der Waals surface area contributed by atoms with Crippen LogP contribution in [0.4, 0.5) is 5.69 Å². The lowest BCUT2D eigenvalue weighted by Gasteiger charge is -2.25. The Hall–Kier alpha value is -1.70. The van der Waals surface area contributed by atoms with Crippen molar-refractivity contribution in [1.29, 1.82) is 0 Å². The number of anilines is 1. The summed E-state index contributed by atoms with van der Waals surface area (Å²) in [6.45, 7) is 8.87. The molecule has 1 aromatic rings. The van der Waals surface area contributed by atoms with Gasteiger partial charge in [-0.25, -0.2) is 0 Å². The highest BCUT2D eigenvalue weighted by atomic mass is 16.5. The van der Waals surface area contributed by atoms with Gasteiger partial charge in [0.1, 0.15) is 5.75 Å². The first-order valence-electron chi connectivity index (χ1n) is 9.02. The van der Waals surface area contributed by atoms with E-state index in [1.165, 1.54) is 31.4 Å². The molecule has 0 aliphatic rings. The van der Waals surface area contributed by atoms with Crippen molar-refractivity contribution in [1.82, 2.24) is 0 Å². The topological polar surface area (TPSA) is 12.5 Å². The lowest BCUT2D eigenvalue weighted by atomic mass is 10.1. The average Bonchev–Trinajstić information content (AvgIpc) is 2.59. The van der Waals surface area contributed by atoms with Gasteiger partial charge in [-0.3, -0.25) is 0 Å². The van der Waals surface area contributed by atoms with Gasteiger partial charge in [-0.05, 0) is 31.4 Å². The van der Waals surface area contributed by atoms with Crippen LogP contribution in [0.25, 0.3) is 6.08 Å². The Bertz CT molecular complexity index is 483. The fourth-order valence-electron chi connectivity index (χ4n) is 2.48. The number of hydrogen-bond acceptors (Lipinski definition) is 2. The maximum atomic E-state index is 5.60. The highest BCUT2D eigenvalue weighted by molar-refractivity contribution is 5.64. The van der Waals surface area contributed by atoms with Crippen molar-refractivity contribution in [2.75, 3.05) is 25.1 Å². The van der Waals surface area contributed by atoms with E-state index in [1.54, 1.807) is 7.11 Å². The molecule has 0 unspecified atom stereocenters. The SMILES string of the molecule is CC/C=C/C=C/c1ccc(N(CCCC)CCCC)cc1OC. The third-order valence-electron chi connectivity index (χ3n) is 3.90. The Labute approximate surface area is 142 Å². The highest BCUT2D eigenvalue weighted by Gasteiger charge is 2.09. The van der Waals surface area contributed by atoms with Gasteiger partial charge < -0.3 is 9.64 Å². The molecule has 0 bridgehead atoms. The lowest BCUT2D eigenvalue weighted by molar-refractivity contribution is 0.414. The second-order valence-electron chi connectivity index (χ2n) is 5.82.